The monoisotopic (exact) mass is 318 g/mol. The van der Waals surface area contributed by atoms with Crippen molar-refractivity contribution in [2.75, 3.05) is 12.8 Å². The Morgan fingerprint density at radius 1 is 1.45 bits per heavy atom. The minimum absolute atomic E-state index is 0.104. The largest absolute Gasteiger partial charge is 0.472 e. The highest BCUT2D eigenvalue weighted by atomic mass is 35.5. The van der Waals surface area contributed by atoms with Crippen molar-refractivity contribution >= 4 is 27.3 Å². The van der Waals surface area contributed by atoms with Crippen LogP contribution >= 0.6 is 11.6 Å². The molecule has 8 heteroatoms. The SMILES string of the molecule is CN(Cc1ccoc1)S(=O)(=O)c1cc(N)c(F)cc1Cl. The van der Waals surface area contributed by atoms with Gasteiger partial charge in [-0.25, -0.2) is 12.8 Å². The lowest BCUT2D eigenvalue weighted by Gasteiger charge is -2.17. The van der Waals surface area contributed by atoms with Crippen molar-refractivity contribution in [2.24, 2.45) is 0 Å². The van der Waals surface area contributed by atoms with E-state index in [1.807, 2.05) is 0 Å². The van der Waals surface area contributed by atoms with Gasteiger partial charge in [0, 0.05) is 19.2 Å². The first-order valence-corrected chi connectivity index (χ1v) is 7.36. The molecule has 2 N–H and O–H groups in total. The van der Waals surface area contributed by atoms with E-state index in [1.165, 1.54) is 19.6 Å². The van der Waals surface area contributed by atoms with Crippen LogP contribution in [0.1, 0.15) is 5.56 Å². The van der Waals surface area contributed by atoms with Gasteiger partial charge in [-0.05, 0) is 18.2 Å². The molecule has 0 saturated heterocycles. The fourth-order valence-corrected chi connectivity index (χ4v) is 3.31. The lowest BCUT2D eigenvalue weighted by molar-refractivity contribution is 0.463. The van der Waals surface area contributed by atoms with E-state index < -0.39 is 15.8 Å². The number of anilines is 1. The minimum atomic E-state index is -3.87. The second kappa shape index (κ2) is 5.43. The standard InChI is InChI=1S/C12H12ClFN2O3S/c1-16(6-8-2-3-19-7-8)20(17,18)12-5-11(15)10(14)4-9(12)13/h2-5,7H,6,15H2,1H3. The Hall–Kier alpha value is -1.57. The molecule has 0 fully saturated rings. The minimum Gasteiger partial charge on any atom is -0.472 e. The molecule has 2 aromatic rings. The first-order chi connectivity index (χ1) is 9.32. The normalized spacial score (nSPS) is 12.0. The summed E-state index contributed by atoms with van der Waals surface area (Å²) in [5.41, 5.74) is 5.80. The second-order valence-electron chi connectivity index (χ2n) is 4.20. The Labute approximate surface area is 120 Å². The molecule has 0 aliphatic heterocycles. The highest BCUT2D eigenvalue weighted by molar-refractivity contribution is 7.89. The molecule has 0 aliphatic rings. The maximum Gasteiger partial charge on any atom is 0.244 e. The predicted octanol–water partition coefficient (Wildman–Crippen LogP) is 2.48. The zero-order chi connectivity index (χ0) is 14.9. The van der Waals surface area contributed by atoms with Gasteiger partial charge in [0.1, 0.15) is 10.7 Å². The second-order valence-corrected chi connectivity index (χ2v) is 6.62. The van der Waals surface area contributed by atoms with E-state index in [9.17, 15) is 12.8 Å². The van der Waals surface area contributed by atoms with E-state index in [0.29, 0.717) is 5.56 Å². The summed E-state index contributed by atoms with van der Waals surface area (Å²) in [5, 5.41) is -0.212. The van der Waals surface area contributed by atoms with Gasteiger partial charge in [-0.2, -0.15) is 4.31 Å². The van der Waals surface area contributed by atoms with Gasteiger partial charge >= 0.3 is 0 Å². The summed E-state index contributed by atoms with van der Waals surface area (Å²) in [5.74, 6) is -0.758. The topological polar surface area (TPSA) is 76.5 Å². The lowest BCUT2D eigenvalue weighted by atomic mass is 10.3. The Kier molecular flexibility index (Phi) is 4.03. The number of nitrogens with zero attached hydrogens (tertiary/aromatic N) is 1. The molecule has 1 aromatic heterocycles. The number of nitrogen functional groups attached to an aromatic ring is 1. The van der Waals surface area contributed by atoms with Crippen molar-refractivity contribution in [1.29, 1.82) is 0 Å². The average Bonchev–Trinajstić information content (AvgIpc) is 2.86. The maximum absolute atomic E-state index is 13.2. The predicted molar refractivity (Wildman–Crippen MR) is 73.2 cm³/mol. The Morgan fingerprint density at radius 2 is 2.15 bits per heavy atom. The molecule has 0 saturated carbocycles. The van der Waals surface area contributed by atoms with Crippen LogP contribution in [0.5, 0.6) is 0 Å². The molecule has 0 spiro atoms. The van der Waals surface area contributed by atoms with Gasteiger partial charge in [-0.3, -0.25) is 0 Å². The van der Waals surface area contributed by atoms with Crippen molar-refractivity contribution in [3.05, 3.63) is 47.1 Å². The van der Waals surface area contributed by atoms with Crippen molar-refractivity contribution in [3.63, 3.8) is 0 Å². The smallest absolute Gasteiger partial charge is 0.244 e. The number of hydrogen-bond acceptors (Lipinski definition) is 4. The highest BCUT2D eigenvalue weighted by Gasteiger charge is 2.25. The van der Waals surface area contributed by atoms with Crippen LogP contribution in [0.2, 0.25) is 5.02 Å². The molecule has 0 radical (unpaired) electrons. The molecule has 108 valence electrons. The third-order valence-electron chi connectivity index (χ3n) is 2.72. The first-order valence-electron chi connectivity index (χ1n) is 5.54. The third-order valence-corrected chi connectivity index (χ3v) is 4.99. The number of furan rings is 1. The summed E-state index contributed by atoms with van der Waals surface area (Å²) in [6.07, 6.45) is 2.88. The van der Waals surface area contributed by atoms with Crippen LogP contribution in [-0.2, 0) is 16.6 Å². The molecule has 0 atom stereocenters. The van der Waals surface area contributed by atoms with Crippen molar-refractivity contribution in [1.82, 2.24) is 4.31 Å². The van der Waals surface area contributed by atoms with Crippen molar-refractivity contribution < 1.29 is 17.2 Å². The van der Waals surface area contributed by atoms with Crippen LogP contribution in [0.3, 0.4) is 0 Å². The fraction of sp³-hybridized carbons (Fsp3) is 0.167. The molecular weight excluding hydrogens is 307 g/mol. The summed E-state index contributed by atoms with van der Waals surface area (Å²) < 4.78 is 43.9. The summed E-state index contributed by atoms with van der Waals surface area (Å²) in [6, 6.07) is 3.54. The fourth-order valence-electron chi connectivity index (χ4n) is 1.64. The van der Waals surface area contributed by atoms with Crippen LogP contribution in [0.4, 0.5) is 10.1 Å². The molecule has 20 heavy (non-hydrogen) atoms. The zero-order valence-corrected chi connectivity index (χ0v) is 12.1. The van der Waals surface area contributed by atoms with E-state index in [2.05, 4.69) is 0 Å². The number of sulfonamides is 1. The molecule has 0 bridgehead atoms. The molecule has 0 unspecified atom stereocenters. The Bertz CT molecular complexity index is 717. The van der Waals surface area contributed by atoms with Gasteiger partial charge < -0.3 is 10.2 Å². The molecule has 1 heterocycles. The number of hydrogen-bond donors (Lipinski definition) is 1. The van der Waals surface area contributed by atoms with Gasteiger partial charge in [0.15, 0.2) is 0 Å². The maximum atomic E-state index is 13.2. The molecular formula is C12H12ClFN2O3S. The van der Waals surface area contributed by atoms with Crippen LogP contribution < -0.4 is 5.73 Å². The number of rotatable bonds is 4. The van der Waals surface area contributed by atoms with Crippen LogP contribution in [-0.4, -0.2) is 19.8 Å². The number of halogens is 2. The number of benzene rings is 1. The van der Waals surface area contributed by atoms with Gasteiger partial charge in [0.2, 0.25) is 10.0 Å². The van der Waals surface area contributed by atoms with E-state index >= 15 is 0 Å². The lowest BCUT2D eigenvalue weighted by Crippen LogP contribution is -2.26. The first kappa shape index (κ1) is 14.8. The summed E-state index contributed by atoms with van der Waals surface area (Å²) in [4.78, 5) is -0.232. The molecule has 0 amide bonds. The molecule has 2 rings (SSSR count). The van der Waals surface area contributed by atoms with Crippen molar-refractivity contribution in [2.45, 2.75) is 11.4 Å². The highest BCUT2D eigenvalue weighted by Crippen LogP contribution is 2.28. The van der Waals surface area contributed by atoms with Gasteiger partial charge in [-0.15, -0.1) is 0 Å². The average molecular weight is 319 g/mol. The van der Waals surface area contributed by atoms with E-state index in [1.54, 1.807) is 6.07 Å². The van der Waals surface area contributed by atoms with E-state index in [4.69, 9.17) is 21.8 Å². The van der Waals surface area contributed by atoms with Gasteiger partial charge in [0.25, 0.3) is 0 Å². The van der Waals surface area contributed by atoms with Gasteiger partial charge in [-0.1, -0.05) is 11.6 Å². The van der Waals surface area contributed by atoms with Crippen molar-refractivity contribution in [3.8, 4) is 0 Å². The summed E-state index contributed by atoms with van der Waals surface area (Å²) in [6.45, 7) is 0.104. The summed E-state index contributed by atoms with van der Waals surface area (Å²) >= 11 is 5.79. The van der Waals surface area contributed by atoms with Crippen LogP contribution in [0.25, 0.3) is 0 Å². The Balaban J connectivity index is 2.37. The van der Waals surface area contributed by atoms with Gasteiger partial charge in [0.05, 0.1) is 23.2 Å². The van der Waals surface area contributed by atoms with E-state index in [-0.39, 0.29) is 22.2 Å². The van der Waals surface area contributed by atoms with Crippen LogP contribution in [0.15, 0.2) is 40.0 Å². The zero-order valence-electron chi connectivity index (χ0n) is 10.5. The van der Waals surface area contributed by atoms with E-state index in [0.717, 1.165) is 16.4 Å². The number of nitrogens with two attached hydrogens (primary N) is 1. The molecule has 5 nitrogen and oxygen atoms in total. The Morgan fingerprint density at radius 3 is 2.75 bits per heavy atom. The summed E-state index contributed by atoms with van der Waals surface area (Å²) in [7, 11) is -2.48. The third kappa shape index (κ3) is 2.79. The quantitative estimate of drug-likeness (QED) is 0.879. The van der Waals surface area contributed by atoms with Crippen LogP contribution in [0, 0.1) is 5.82 Å². The molecule has 0 aliphatic carbocycles. The molecule has 1 aromatic carbocycles.